The molecule has 1 aromatic rings. The monoisotopic (exact) mass is 282 g/mol. The maximum atomic E-state index is 8.95. The molecule has 1 N–H and O–H groups in total. The first-order chi connectivity index (χ1) is 10.2. The lowest BCUT2D eigenvalue weighted by Crippen LogP contribution is -2.42. The number of benzene rings is 1. The lowest BCUT2D eigenvalue weighted by atomic mass is 9.68. The van der Waals surface area contributed by atoms with E-state index in [-0.39, 0.29) is 0 Å². The predicted molar refractivity (Wildman–Crippen MR) is 83.8 cm³/mol. The molecule has 0 unspecified atom stereocenters. The number of nitrogens with zero attached hydrogens (tertiary/aromatic N) is 3. The summed E-state index contributed by atoms with van der Waals surface area (Å²) in [6.07, 6.45) is 5.45. The van der Waals surface area contributed by atoms with Gasteiger partial charge in [0.15, 0.2) is 5.96 Å². The molecule has 1 aliphatic carbocycles. The Labute approximate surface area is 126 Å². The first-order valence-electron chi connectivity index (χ1n) is 7.69. The van der Waals surface area contributed by atoms with Crippen molar-refractivity contribution in [3.05, 3.63) is 35.4 Å². The molecule has 110 valence electrons. The number of hydrogen-bond donors (Lipinski definition) is 1. The Kier molecular flexibility index (Phi) is 3.83. The topological polar surface area (TPSA) is 51.4 Å². The molecule has 21 heavy (non-hydrogen) atoms. The molecule has 1 saturated carbocycles. The van der Waals surface area contributed by atoms with E-state index < -0.39 is 0 Å². The quantitative estimate of drug-likeness (QED) is 0.670. The van der Waals surface area contributed by atoms with Gasteiger partial charge in [-0.15, -0.1) is 0 Å². The molecule has 4 nitrogen and oxygen atoms in total. The fourth-order valence-electron chi connectivity index (χ4n) is 3.47. The van der Waals surface area contributed by atoms with E-state index >= 15 is 0 Å². The van der Waals surface area contributed by atoms with Crippen LogP contribution in [-0.2, 0) is 6.54 Å². The van der Waals surface area contributed by atoms with Crippen molar-refractivity contribution in [1.82, 2.24) is 10.2 Å². The lowest BCUT2D eigenvalue weighted by molar-refractivity contribution is 0.151. The Balaban J connectivity index is 1.59. The average Bonchev–Trinajstić information content (AvgIpc) is 2.94. The number of rotatable bonds is 2. The van der Waals surface area contributed by atoms with Gasteiger partial charge in [0.2, 0.25) is 0 Å². The number of likely N-dealkylation sites (tertiary alicyclic amines) is 1. The van der Waals surface area contributed by atoms with Crippen LogP contribution < -0.4 is 5.32 Å². The number of aliphatic imine (C=N–C) groups is 1. The van der Waals surface area contributed by atoms with Gasteiger partial charge in [0, 0.05) is 26.7 Å². The maximum absolute atomic E-state index is 8.95. The summed E-state index contributed by atoms with van der Waals surface area (Å²) in [7, 11) is 1.85. The van der Waals surface area contributed by atoms with Crippen LogP contribution in [0.1, 0.15) is 36.8 Å². The molecule has 0 aromatic heterocycles. The van der Waals surface area contributed by atoms with Gasteiger partial charge >= 0.3 is 0 Å². The molecule has 0 bridgehead atoms. The molecular formula is C17H22N4. The van der Waals surface area contributed by atoms with Gasteiger partial charge in [-0.25, -0.2) is 0 Å². The molecule has 1 saturated heterocycles. The summed E-state index contributed by atoms with van der Waals surface area (Å²) in [4.78, 5) is 6.80. The molecule has 3 rings (SSSR count). The molecule has 0 radical (unpaired) electrons. The summed E-state index contributed by atoms with van der Waals surface area (Å²) in [5.41, 5.74) is 2.41. The van der Waals surface area contributed by atoms with E-state index in [1.165, 1.54) is 25.7 Å². The average molecular weight is 282 g/mol. The second kappa shape index (κ2) is 5.77. The number of guanidine groups is 1. The normalized spacial score (nSPS) is 20.2. The highest BCUT2D eigenvalue weighted by atomic mass is 15.3. The highest BCUT2D eigenvalue weighted by molar-refractivity contribution is 5.80. The van der Waals surface area contributed by atoms with Gasteiger partial charge in [0.25, 0.3) is 0 Å². The van der Waals surface area contributed by atoms with Crippen LogP contribution in [0.15, 0.2) is 29.3 Å². The number of nitriles is 1. The standard InChI is InChI=1S/C17H22N4/c1-19-16(21-9-8-17(13-21)6-3-7-17)20-12-15-5-2-4-14(10-15)11-18/h2,4-5,10H,3,6-9,12-13H2,1H3,(H,19,20). The minimum absolute atomic E-state index is 0.582. The van der Waals surface area contributed by atoms with E-state index in [9.17, 15) is 0 Å². The van der Waals surface area contributed by atoms with Gasteiger partial charge in [-0.2, -0.15) is 5.26 Å². The predicted octanol–water partition coefficient (Wildman–Crippen LogP) is 2.51. The van der Waals surface area contributed by atoms with Crippen LogP contribution in [-0.4, -0.2) is 31.0 Å². The summed E-state index contributed by atoms with van der Waals surface area (Å²) in [6.45, 7) is 2.97. The molecule has 1 spiro atoms. The highest BCUT2D eigenvalue weighted by Crippen LogP contribution is 2.47. The molecule has 1 aliphatic heterocycles. The smallest absolute Gasteiger partial charge is 0.193 e. The third kappa shape index (κ3) is 2.87. The van der Waals surface area contributed by atoms with Gasteiger partial charge in [-0.05, 0) is 42.4 Å². The second-order valence-electron chi connectivity index (χ2n) is 6.24. The molecule has 4 heteroatoms. The van der Waals surface area contributed by atoms with E-state index in [0.29, 0.717) is 17.5 Å². The van der Waals surface area contributed by atoms with Crippen LogP contribution in [0, 0.1) is 16.7 Å². The summed E-state index contributed by atoms with van der Waals surface area (Å²) in [5.74, 6) is 0.987. The Bertz CT molecular complexity index is 581. The van der Waals surface area contributed by atoms with Crippen LogP contribution in [0.3, 0.4) is 0 Å². The maximum Gasteiger partial charge on any atom is 0.193 e. The van der Waals surface area contributed by atoms with Crippen LogP contribution in [0.4, 0.5) is 0 Å². The van der Waals surface area contributed by atoms with Crippen molar-refractivity contribution >= 4 is 5.96 Å². The Morgan fingerprint density at radius 3 is 2.90 bits per heavy atom. The van der Waals surface area contributed by atoms with Crippen LogP contribution in [0.25, 0.3) is 0 Å². The zero-order valence-electron chi connectivity index (χ0n) is 12.6. The van der Waals surface area contributed by atoms with Crippen molar-refractivity contribution in [1.29, 1.82) is 5.26 Å². The van der Waals surface area contributed by atoms with E-state index in [1.807, 2.05) is 31.3 Å². The van der Waals surface area contributed by atoms with Gasteiger partial charge in [-0.3, -0.25) is 4.99 Å². The largest absolute Gasteiger partial charge is 0.352 e. The minimum atomic E-state index is 0.582. The highest BCUT2D eigenvalue weighted by Gasteiger charge is 2.43. The van der Waals surface area contributed by atoms with E-state index in [0.717, 1.165) is 24.6 Å². The van der Waals surface area contributed by atoms with Crippen LogP contribution >= 0.6 is 0 Å². The van der Waals surface area contributed by atoms with E-state index in [2.05, 4.69) is 21.3 Å². The first-order valence-corrected chi connectivity index (χ1v) is 7.69. The molecule has 1 heterocycles. The summed E-state index contributed by atoms with van der Waals surface area (Å²) >= 11 is 0. The molecule has 0 amide bonds. The van der Waals surface area contributed by atoms with Crippen molar-refractivity contribution in [2.75, 3.05) is 20.1 Å². The van der Waals surface area contributed by atoms with Crippen molar-refractivity contribution in [2.24, 2.45) is 10.4 Å². The first kappa shape index (κ1) is 13.9. The molecule has 1 aromatic carbocycles. The van der Waals surface area contributed by atoms with Crippen molar-refractivity contribution in [3.8, 4) is 6.07 Å². The second-order valence-corrected chi connectivity index (χ2v) is 6.24. The minimum Gasteiger partial charge on any atom is -0.352 e. The van der Waals surface area contributed by atoms with E-state index in [1.54, 1.807) is 0 Å². The third-order valence-corrected chi connectivity index (χ3v) is 4.87. The Morgan fingerprint density at radius 1 is 1.43 bits per heavy atom. The molecular weight excluding hydrogens is 260 g/mol. The molecule has 2 fully saturated rings. The van der Waals surface area contributed by atoms with E-state index in [4.69, 9.17) is 5.26 Å². The fourth-order valence-corrected chi connectivity index (χ4v) is 3.47. The SMILES string of the molecule is CN=C(NCc1cccc(C#N)c1)N1CCC2(CCC2)C1. The molecule has 2 aliphatic rings. The third-order valence-electron chi connectivity index (χ3n) is 4.87. The molecule has 0 atom stereocenters. The zero-order chi connectivity index (χ0) is 14.7. The Hall–Kier alpha value is -2.02. The summed E-state index contributed by atoms with van der Waals surface area (Å²) in [5, 5.41) is 12.4. The van der Waals surface area contributed by atoms with Crippen LogP contribution in [0.2, 0.25) is 0 Å². The van der Waals surface area contributed by atoms with Gasteiger partial charge in [0.05, 0.1) is 11.6 Å². The zero-order valence-corrected chi connectivity index (χ0v) is 12.6. The van der Waals surface area contributed by atoms with Gasteiger partial charge < -0.3 is 10.2 Å². The lowest BCUT2D eigenvalue weighted by Gasteiger charge is -2.38. The number of hydrogen-bond acceptors (Lipinski definition) is 2. The van der Waals surface area contributed by atoms with Crippen molar-refractivity contribution in [2.45, 2.75) is 32.2 Å². The Morgan fingerprint density at radius 2 is 2.29 bits per heavy atom. The van der Waals surface area contributed by atoms with Crippen molar-refractivity contribution < 1.29 is 0 Å². The number of nitrogens with one attached hydrogen (secondary N) is 1. The summed E-state index contributed by atoms with van der Waals surface area (Å²) in [6, 6.07) is 9.91. The fraction of sp³-hybridized carbons (Fsp3) is 0.529. The van der Waals surface area contributed by atoms with Crippen LogP contribution in [0.5, 0.6) is 0 Å². The van der Waals surface area contributed by atoms with Gasteiger partial charge in [-0.1, -0.05) is 18.6 Å². The van der Waals surface area contributed by atoms with Crippen molar-refractivity contribution in [3.63, 3.8) is 0 Å². The van der Waals surface area contributed by atoms with Gasteiger partial charge in [0.1, 0.15) is 0 Å². The summed E-state index contributed by atoms with van der Waals surface area (Å²) < 4.78 is 0.